The van der Waals surface area contributed by atoms with E-state index >= 15 is 0 Å². The second kappa shape index (κ2) is 3.70. The van der Waals surface area contributed by atoms with Crippen molar-refractivity contribution in [3.05, 3.63) is 34.9 Å². The molecule has 0 atom stereocenters. The second-order valence-corrected chi connectivity index (χ2v) is 4.60. The van der Waals surface area contributed by atoms with Crippen molar-refractivity contribution >= 4 is 17.4 Å². The fraction of sp³-hybridized carbons (Fsp3) is 0.333. The van der Waals surface area contributed by atoms with Crippen LogP contribution >= 0.6 is 11.8 Å². The normalized spacial score (nSPS) is 18.4. The van der Waals surface area contributed by atoms with E-state index in [0.717, 1.165) is 6.42 Å². The number of benzene rings is 1. The molecule has 1 aliphatic heterocycles. The molecule has 1 nitrogen and oxygen atoms in total. The first-order valence-electron chi connectivity index (χ1n) is 4.94. The number of nitrogens with zero attached hydrogens (tertiary/aromatic N) is 1. The summed E-state index contributed by atoms with van der Waals surface area (Å²) >= 11 is 1.88. The van der Waals surface area contributed by atoms with Gasteiger partial charge in [-0.05, 0) is 31.1 Å². The molecule has 2 rings (SSSR count). The van der Waals surface area contributed by atoms with Gasteiger partial charge in [0.15, 0.2) is 0 Å². The Morgan fingerprint density at radius 2 is 2.07 bits per heavy atom. The van der Waals surface area contributed by atoms with Crippen LogP contribution in [0.1, 0.15) is 20.3 Å². The first kappa shape index (κ1) is 9.66. The van der Waals surface area contributed by atoms with Crippen LogP contribution in [0.2, 0.25) is 0 Å². The first-order chi connectivity index (χ1) is 6.74. The highest BCUT2D eigenvalue weighted by atomic mass is 32.2. The van der Waals surface area contributed by atoms with Crippen molar-refractivity contribution in [1.82, 2.24) is 0 Å². The lowest BCUT2D eigenvalue weighted by Crippen LogP contribution is -2.10. The predicted molar refractivity (Wildman–Crippen MR) is 63.7 cm³/mol. The van der Waals surface area contributed by atoms with Gasteiger partial charge < -0.3 is 4.90 Å². The van der Waals surface area contributed by atoms with Crippen molar-refractivity contribution in [3.8, 4) is 0 Å². The standard InChI is InChI=1S/C12H15NS/c1-4-9(2)12-13(3)10-7-5-6-8-11(10)14-12/h5-8H,4H2,1-3H3. The summed E-state index contributed by atoms with van der Waals surface area (Å²) in [6, 6.07) is 8.56. The number of fused-ring (bicyclic) bond motifs is 1. The van der Waals surface area contributed by atoms with E-state index in [2.05, 4.69) is 50.1 Å². The summed E-state index contributed by atoms with van der Waals surface area (Å²) in [6.07, 6.45) is 1.13. The lowest BCUT2D eigenvalue weighted by atomic mass is 10.2. The highest BCUT2D eigenvalue weighted by Gasteiger charge is 2.22. The van der Waals surface area contributed by atoms with Gasteiger partial charge in [0.25, 0.3) is 0 Å². The van der Waals surface area contributed by atoms with E-state index in [0.29, 0.717) is 0 Å². The highest BCUT2D eigenvalue weighted by molar-refractivity contribution is 8.03. The Kier molecular flexibility index (Phi) is 2.55. The summed E-state index contributed by atoms with van der Waals surface area (Å²) < 4.78 is 0. The lowest BCUT2D eigenvalue weighted by molar-refractivity contribution is 1.05. The number of thioether (sulfide) groups is 1. The van der Waals surface area contributed by atoms with Crippen molar-refractivity contribution in [3.63, 3.8) is 0 Å². The van der Waals surface area contributed by atoms with Gasteiger partial charge in [0.2, 0.25) is 0 Å². The van der Waals surface area contributed by atoms with Gasteiger partial charge in [-0.3, -0.25) is 0 Å². The molecule has 0 fully saturated rings. The van der Waals surface area contributed by atoms with Crippen molar-refractivity contribution in [2.45, 2.75) is 25.2 Å². The number of rotatable bonds is 1. The molecule has 14 heavy (non-hydrogen) atoms. The van der Waals surface area contributed by atoms with E-state index < -0.39 is 0 Å². The summed E-state index contributed by atoms with van der Waals surface area (Å²) in [4.78, 5) is 3.66. The van der Waals surface area contributed by atoms with Gasteiger partial charge in [-0.15, -0.1) is 0 Å². The van der Waals surface area contributed by atoms with E-state index in [9.17, 15) is 0 Å². The van der Waals surface area contributed by atoms with Crippen molar-refractivity contribution < 1.29 is 0 Å². The Balaban J connectivity index is 2.44. The van der Waals surface area contributed by atoms with Gasteiger partial charge in [0, 0.05) is 11.9 Å². The zero-order valence-corrected chi connectivity index (χ0v) is 9.69. The second-order valence-electron chi connectivity index (χ2n) is 3.57. The molecule has 0 saturated heterocycles. The summed E-state index contributed by atoms with van der Waals surface area (Å²) in [7, 11) is 2.15. The van der Waals surface area contributed by atoms with E-state index in [-0.39, 0.29) is 0 Å². The van der Waals surface area contributed by atoms with Gasteiger partial charge in [-0.2, -0.15) is 0 Å². The average Bonchev–Trinajstić information content (AvgIpc) is 2.56. The average molecular weight is 205 g/mol. The van der Waals surface area contributed by atoms with Gasteiger partial charge in [-0.1, -0.05) is 30.8 Å². The van der Waals surface area contributed by atoms with Gasteiger partial charge in [0.05, 0.1) is 10.7 Å². The largest absolute Gasteiger partial charge is 0.338 e. The minimum atomic E-state index is 1.13. The number of para-hydroxylation sites is 1. The van der Waals surface area contributed by atoms with Crippen LogP contribution in [0, 0.1) is 0 Å². The third-order valence-corrected chi connectivity index (χ3v) is 4.01. The maximum absolute atomic E-state index is 2.29. The molecule has 1 aliphatic rings. The fourth-order valence-corrected chi connectivity index (χ4v) is 2.85. The van der Waals surface area contributed by atoms with Crippen LogP contribution in [0.3, 0.4) is 0 Å². The lowest BCUT2D eigenvalue weighted by Gasteiger charge is -2.15. The number of hydrogen-bond acceptors (Lipinski definition) is 2. The summed E-state index contributed by atoms with van der Waals surface area (Å²) in [5.74, 6) is 0. The Labute approximate surface area is 89.8 Å². The molecule has 74 valence electrons. The molecular formula is C12H15NS. The minimum absolute atomic E-state index is 1.13. The Morgan fingerprint density at radius 3 is 2.71 bits per heavy atom. The summed E-state index contributed by atoms with van der Waals surface area (Å²) in [6.45, 7) is 4.42. The van der Waals surface area contributed by atoms with Crippen LogP contribution in [-0.2, 0) is 0 Å². The Bertz CT molecular complexity index is 382. The summed E-state index contributed by atoms with van der Waals surface area (Å²) in [5.41, 5.74) is 2.80. The Hall–Kier alpha value is -0.890. The number of hydrogen-bond donors (Lipinski definition) is 0. The molecule has 0 saturated carbocycles. The molecule has 0 amide bonds. The number of anilines is 1. The van der Waals surface area contributed by atoms with Crippen LogP contribution < -0.4 is 4.90 Å². The maximum atomic E-state index is 2.29. The van der Waals surface area contributed by atoms with Crippen LogP contribution in [-0.4, -0.2) is 7.05 Å². The third kappa shape index (κ3) is 1.44. The van der Waals surface area contributed by atoms with Crippen molar-refractivity contribution in [2.24, 2.45) is 0 Å². The van der Waals surface area contributed by atoms with Crippen molar-refractivity contribution in [2.75, 3.05) is 11.9 Å². The van der Waals surface area contributed by atoms with Crippen molar-refractivity contribution in [1.29, 1.82) is 0 Å². The SMILES string of the molecule is CCC(C)=C1Sc2ccccc2N1C. The molecule has 0 aromatic heterocycles. The fourth-order valence-electron chi connectivity index (χ4n) is 1.63. The highest BCUT2D eigenvalue weighted by Crippen LogP contribution is 2.46. The monoisotopic (exact) mass is 205 g/mol. The topological polar surface area (TPSA) is 3.24 Å². The molecule has 0 radical (unpaired) electrons. The minimum Gasteiger partial charge on any atom is -0.338 e. The van der Waals surface area contributed by atoms with Gasteiger partial charge in [-0.25, -0.2) is 0 Å². The van der Waals surface area contributed by atoms with E-state index in [4.69, 9.17) is 0 Å². The van der Waals surface area contributed by atoms with Crippen LogP contribution in [0.15, 0.2) is 39.8 Å². The zero-order valence-electron chi connectivity index (χ0n) is 8.87. The maximum Gasteiger partial charge on any atom is 0.0787 e. The first-order valence-corrected chi connectivity index (χ1v) is 5.76. The Morgan fingerprint density at radius 1 is 1.36 bits per heavy atom. The molecule has 1 aromatic rings. The zero-order chi connectivity index (χ0) is 10.1. The quantitative estimate of drug-likeness (QED) is 0.684. The predicted octanol–water partition coefficient (Wildman–Crippen LogP) is 3.87. The van der Waals surface area contributed by atoms with Gasteiger partial charge >= 0.3 is 0 Å². The molecule has 0 bridgehead atoms. The molecular weight excluding hydrogens is 190 g/mol. The molecule has 0 N–H and O–H groups in total. The van der Waals surface area contributed by atoms with Gasteiger partial charge in [0.1, 0.15) is 0 Å². The molecule has 1 aromatic carbocycles. The van der Waals surface area contributed by atoms with E-state index in [1.165, 1.54) is 21.2 Å². The smallest absolute Gasteiger partial charge is 0.0787 e. The number of allylic oxidation sites excluding steroid dienone is 1. The van der Waals surface area contributed by atoms with Crippen LogP contribution in [0.25, 0.3) is 0 Å². The molecule has 0 unspecified atom stereocenters. The van der Waals surface area contributed by atoms with E-state index in [1.54, 1.807) is 0 Å². The van der Waals surface area contributed by atoms with Crippen LogP contribution in [0.4, 0.5) is 5.69 Å². The molecule has 0 aliphatic carbocycles. The molecule has 1 heterocycles. The molecule has 2 heteroatoms. The third-order valence-electron chi connectivity index (χ3n) is 2.63. The molecule has 0 spiro atoms. The van der Waals surface area contributed by atoms with Crippen LogP contribution in [0.5, 0.6) is 0 Å². The van der Waals surface area contributed by atoms with E-state index in [1.807, 2.05) is 11.8 Å². The summed E-state index contributed by atoms with van der Waals surface area (Å²) in [5, 5.41) is 1.40.